The van der Waals surface area contributed by atoms with Gasteiger partial charge in [0.2, 0.25) is 5.91 Å². The van der Waals surface area contributed by atoms with Gasteiger partial charge in [0.25, 0.3) is 0 Å². The fourth-order valence-electron chi connectivity index (χ4n) is 4.75. The Morgan fingerprint density at radius 3 is 2.46 bits per heavy atom. The van der Waals surface area contributed by atoms with E-state index in [0.717, 1.165) is 36.1 Å². The van der Waals surface area contributed by atoms with Crippen LogP contribution in [0.1, 0.15) is 66.6 Å². The highest BCUT2D eigenvalue weighted by atomic mass is 32.1. The zero-order valence-electron chi connectivity index (χ0n) is 16.3. The smallest absolute Gasteiger partial charge is 0.348 e. The number of carboxylic acids is 1. The maximum Gasteiger partial charge on any atom is 0.348 e. The van der Waals surface area contributed by atoms with Crippen molar-refractivity contribution in [2.75, 3.05) is 4.90 Å². The predicted octanol–water partition coefficient (Wildman–Crippen LogP) is 5.89. The first-order valence-corrected chi connectivity index (χ1v) is 11.1. The molecule has 1 unspecified atom stereocenters. The van der Waals surface area contributed by atoms with Gasteiger partial charge in [-0.2, -0.15) is 0 Å². The first kappa shape index (κ1) is 19.2. The number of carboxylic acid groups (broad SMARTS) is 1. The summed E-state index contributed by atoms with van der Waals surface area (Å²) in [5.74, 6) is -0.376. The number of carbonyl (C=O) groups excluding carboxylic acids is 1. The lowest BCUT2D eigenvalue weighted by Crippen LogP contribution is -2.48. The van der Waals surface area contributed by atoms with Crippen LogP contribution >= 0.6 is 11.3 Å². The number of carbonyl (C=O) groups is 2. The second-order valence-electron chi connectivity index (χ2n) is 8.12. The zero-order chi connectivity index (χ0) is 19.7. The van der Waals surface area contributed by atoms with Crippen molar-refractivity contribution in [3.05, 3.63) is 40.8 Å². The minimum atomic E-state index is -0.945. The van der Waals surface area contributed by atoms with Crippen LogP contribution in [-0.2, 0) is 4.79 Å². The van der Waals surface area contributed by atoms with Gasteiger partial charge in [0.15, 0.2) is 0 Å². The van der Waals surface area contributed by atoms with E-state index in [9.17, 15) is 14.7 Å². The Morgan fingerprint density at radius 1 is 1.07 bits per heavy atom. The van der Waals surface area contributed by atoms with Crippen LogP contribution in [0.5, 0.6) is 0 Å². The maximum atomic E-state index is 13.0. The van der Waals surface area contributed by atoms with Crippen molar-refractivity contribution >= 4 is 28.9 Å². The van der Waals surface area contributed by atoms with Crippen LogP contribution < -0.4 is 4.90 Å². The third-order valence-corrected chi connectivity index (χ3v) is 7.35. The molecule has 0 spiro atoms. The summed E-state index contributed by atoms with van der Waals surface area (Å²) in [6, 6.07) is 10.2. The fourth-order valence-corrected chi connectivity index (χ4v) is 5.74. The molecule has 1 saturated heterocycles. The van der Waals surface area contributed by atoms with E-state index in [2.05, 4.69) is 0 Å². The van der Waals surface area contributed by atoms with Gasteiger partial charge in [-0.1, -0.05) is 49.1 Å². The zero-order valence-corrected chi connectivity index (χ0v) is 17.1. The molecule has 1 aliphatic carbocycles. The van der Waals surface area contributed by atoms with E-state index in [-0.39, 0.29) is 16.8 Å². The molecule has 0 bridgehead atoms. The number of thiophene rings is 1. The van der Waals surface area contributed by atoms with E-state index in [4.69, 9.17) is 0 Å². The monoisotopic (exact) mass is 397 g/mol. The molecular formula is C23H27NO3S. The molecule has 1 saturated carbocycles. The summed E-state index contributed by atoms with van der Waals surface area (Å²) < 4.78 is 0. The topological polar surface area (TPSA) is 57.6 Å². The minimum Gasteiger partial charge on any atom is -0.477 e. The van der Waals surface area contributed by atoms with Gasteiger partial charge in [0.1, 0.15) is 4.88 Å². The average Bonchev–Trinajstić information content (AvgIpc) is 3.14. The maximum absolute atomic E-state index is 13.0. The molecule has 2 aliphatic rings. The van der Waals surface area contributed by atoms with Crippen molar-refractivity contribution < 1.29 is 14.7 Å². The second-order valence-corrected chi connectivity index (χ2v) is 9.17. The highest BCUT2D eigenvalue weighted by Gasteiger charge is 2.38. The lowest BCUT2D eigenvalue weighted by atomic mass is 9.79. The molecule has 1 aromatic heterocycles. The Bertz CT molecular complexity index is 864. The summed E-state index contributed by atoms with van der Waals surface area (Å²) in [7, 11) is 0. The molecule has 1 amide bonds. The van der Waals surface area contributed by atoms with Gasteiger partial charge in [0, 0.05) is 17.3 Å². The quantitative estimate of drug-likeness (QED) is 0.700. The van der Waals surface area contributed by atoms with Crippen molar-refractivity contribution in [2.24, 2.45) is 5.92 Å². The Morgan fingerprint density at radius 2 is 1.79 bits per heavy atom. The number of aromatic carboxylic acids is 1. The Hall–Kier alpha value is -2.14. The van der Waals surface area contributed by atoms with Gasteiger partial charge < -0.3 is 10.0 Å². The highest BCUT2D eigenvalue weighted by molar-refractivity contribution is 7.18. The fraction of sp³-hybridized carbons (Fsp3) is 0.478. The number of amides is 1. The van der Waals surface area contributed by atoms with Crippen LogP contribution in [0.3, 0.4) is 0 Å². The van der Waals surface area contributed by atoms with E-state index in [0.29, 0.717) is 18.0 Å². The molecule has 1 aliphatic heterocycles. The minimum absolute atomic E-state index is 0.0811. The number of nitrogens with zero attached hydrogens (tertiary/aromatic N) is 1. The lowest BCUT2D eigenvalue weighted by Gasteiger charge is -2.41. The van der Waals surface area contributed by atoms with E-state index in [1.165, 1.54) is 36.2 Å². The Labute approximate surface area is 170 Å². The Kier molecular flexibility index (Phi) is 5.54. The molecule has 0 radical (unpaired) electrons. The molecule has 148 valence electrons. The molecule has 4 rings (SSSR count). The largest absolute Gasteiger partial charge is 0.477 e. The standard InChI is InChI=1S/C23H27NO3S/c1-15-10-12-17(13-11-15)20-14-19(22(28-20)23(26)27)24-18(8-5-9-21(24)25)16-6-3-2-4-7-16/h10-14,16,18H,2-9H2,1H3,(H,26,27). The summed E-state index contributed by atoms with van der Waals surface area (Å²) in [6.07, 6.45) is 8.39. The summed E-state index contributed by atoms with van der Waals surface area (Å²) in [6.45, 7) is 2.04. The number of anilines is 1. The number of rotatable bonds is 4. The molecular weight excluding hydrogens is 370 g/mol. The van der Waals surface area contributed by atoms with Crippen molar-refractivity contribution in [3.8, 4) is 10.4 Å². The van der Waals surface area contributed by atoms with Crippen molar-refractivity contribution in [1.82, 2.24) is 0 Å². The van der Waals surface area contributed by atoms with Crippen molar-refractivity contribution in [1.29, 1.82) is 0 Å². The van der Waals surface area contributed by atoms with Crippen molar-refractivity contribution in [2.45, 2.75) is 64.3 Å². The summed E-state index contributed by atoms with van der Waals surface area (Å²) >= 11 is 1.28. The Balaban J connectivity index is 1.75. The van der Waals surface area contributed by atoms with Crippen molar-refractivity contribution in [3.63, 3.8) is 0 Å². The average molecular weight is 398 g/mol. The van der Waals surface area contributed by atoms with Crippen LogP contribution in [0.4, 0.5) is 5.69 Å². The van der Waals surface area contributed by atoms with Crippen LogP contribution in [0.25, 0.3) is 10.4 Å². The third-order valence-electron chi connectivity index (χ3n) is 6.19. The van der Waals surface area contributed by atoms with E-state index >= 15 is 0 Å². The molecule has 2 fully saturated rings. The molecule has 1 N–H and O–H groups in total. The van der Waals surface area contributed by atoms with Gasteiger partial charge in [-0.15, -0.1) is 11.3 Å². The predicted molar refractivity (Wildman–Crippen MR) is 113 cm³/mol. The van der Waals surface area contributed by atoms with Gasteiger partial charge in [-0.25, -0.2) is 4.79 Å². The van der Waals surface area contributed by atoms with Crippen LogP contribution in [0.2, 0.25) is 0 Å². The number of hydrogen-bond donors (Lipinski definition) is 1. The molecule has 2 heterocycles. The number of piperidine rings is 1. The normalized spacial score (nSPS) is 21.1. The third kappa shape index (κ3) is 3.72. The molecule has 5 heteroatoms. The van der Waals surface area contributed by atoms with Crippen LogP contribution in [-0.4, -0.2) is 23.0 Å². The molecule has 28 heavy (non-hydrogen) atoms. The first-order chi connectivity index (χ1) is 13.5. The van der Waals surface area contributed by atoms with Gasteiger partial charge in [0.05, 0.1) is 5.69 Å². The van der Waals surface area contributed by atoms with Crippen LogP contribution in [0.15, 0.2) is 30.3 Å². The molecule has 1 aromatic carbocycles. The van der Waals surface area contributed by atoms with E-state index in [1.807, 2.05) is 42.2 Å². The number of benzene rings is 1. The van der Waals surface area contributed by atoms with Gasteiger partial charge in [-0.05, 0) is 50.2 Å². The highest BCUT2D eigenvalue weighted by Crippen LogP contribution is 2.42. The second kappa shape index (κ2) is 8.08. The van der Waals surface area contributed by atoms with Crippen LogP contribution in [0, 0.1) is 12.8 Å². The van der Waals surface area contributed by atoms with Gasteiger partial charge in [-0.3, -0.25) is 4.79 Å². The molecule has 2 aromatic rings. The lowest BCUT2D eigenvalue weighted by molar-refractivity contribution is -0.120. The summed E-state index contributed by atoms with van der Waals surface area (Å²) in [5, 5.41) is 9.86. The van der Waals surface area contributed by atoms with E-state index in [1.54, 1.807) is 0 Å². The number of aryl methyl sites for hydroxylation is 1. The van der Waals surface area contributed by atoms with E-state index < -0.39 is 5.97 Å². The summed E-state index contributed by atoms with van der Waals surface area (Å²) in [5.41, 5.74) is 2.78. The molecule has 4 nitrogen and oxygen atoms in total. The number of hydrogen-bond acceptors (Lipinski definition) is 3. The first-order valence-electron chi connectivity index (χ1n) is 10.3. The van der Waals surface area contributed by atoms with Gasteiger partial charge >= 0.3 is 5.97 Å². The summed E-state index contributed by atoms with van der Waals surface area (Å²) in [4.78, 5) is 28.0. The molecule has 1 atom stereocenters. The SMILES string of the molecule is Cc1ccc(-c2cc(N3C(=O)CCCC3C3CCCCC3)c(C(=O)O)s2)cc1.